The standard InChI is InChI=1S/C21H20F3N3O3/c1-3-27-13-14(12-25-27)20(28)26-18-11-15(21(22,23)24)5-10-19(18)30-17-8-6-16(7-9-17)29-4-2/h5-13H,3-4H2,1-2H3,(H,26,28). The molecule has 0 spiro atoms. The molecule has 0 aliphatic heterocycles. The van der Waals surface area contributed by atoms with Crippen LogP contribution >= 0.6 is 0 Å². The monoisotopic (exact) mass is 419 g/mol. The van der Waals surface area contributed by atoms with Crippen molar-refractivity contribution in [2.75, 3.05) is 11.9 Å². The smallest absolute Gasteiger partial charge is 0.416 e. The molecule has 1 heterocycles. The number of hydrogen-bond acceptors (Lipinski definition) is 4. The summed E-state index contributed by atoms with van der Waals surface area (Å²) in [6, 6.07) is 9.52. The van der Waals surface area contributed by atoms with Crippen molar-refractivity contribution >= 4 is 11.6 Å². The second kappa shape index (κ2) is 8.89. The molecule has 0 aliphatic carbocycles. The molecule has 1 amide bonds. The number of amides is 1. The Bertz CT molecular complexity index is 1010. The van der Waals surface area contributed by atoms with Crippen molar-refractivity contribution in [3.63, 3.8) is 0 Å². The zero-order valence-electron chi connectivity index (χ0n) is 16.4. The molecule has 1 aromatic heterocycles. The van der Waals surface area contributed by atoms with E-state index in [4.69, 9.17) is 9.47 Å². The van der Waals surface area contributed by atoms with Gasteiger partial charge in [0.05, 0.1) is 29.6 Å². The molecule has 0 saturated heterocycles. The van der Waals surface area contributed by atoms with Crippen molar-refractivity contribution in [2.24, 2.45) is 0 Å². The van der Waals surface area contributed by atoms with E-state index in [-0.39, 0.29) is 17.0 Å². The van der Waals surface area contributed by atoms with Crippen molar-refractivity contribution in [3.05, 3.63) is 66.0 Å². The molecular weight excluding hydrogens is 399 g/mol. The molecular formula is C21H20F3N3O3. The van der Waals surface area contributed by atoms with Gasteiger partial charge in [-0.25, -0.2) is 0 Å². The van der Waals surface area contributed by atoms with E-state index in [0.29, 0.717) is 24.7 Å². The summed E-state index contributed by atoms with van der Waals surface area (Å²) in [6.45, 7) is 4.77. The first-order chi connectivity index (χ1) is 14.3. The van der Waals surface area contributed by atoms with Crippen LogP contribution in [0.1, 0.15) is 29.8 Å². The van der Waals surface area contributed by atoms with Crippen LogP contribution < -0.4 is 14.8 Å². The minimum Gasteiger partial charge on any atom is -0.494 e. The summed E-state index contributed by atoms with van der Waals surface area (Å²) in [6.07, 6.45) is -1.71. The molecule has 0 aliphatic rings. The minimum atomic E-state index is -4.57. The van der Waals surface area contributed by atoms with Gasteiger partial charge in [0.2, 0.25) is 0 Å². The Morgan fingerprint density at radius 1 is 1.10 bits per heavy atom. The van der Waals surface area contributed by atoms with Gasteiger partial charge in [-0.2, -0.15) is 18.3 Å². The maximum atomic E-state index is 13.2. The van der Waals surface area contributed by atoms with Crippen molar-refractivity contribution in [3.8, 4) is 17.2 Å². The van der Waals surface area contributed by atoms with E-state index in [1.54, 1.807) is 28.9 Å². The number of benzene rings is 2. The van der Waals surface area contributed by atoms with Gasteiger partial charge in [-0.05, 0) is 56.3 Å². The summed E-state index contributed by atoms with van der Waals surface area (Å²) in [7, 11) is 0. The van der Waals surface area contributed by atoms with E-state index in [9.17, 15) is 18.0 Å². The topological polar surface area (TPSA) is 65.4 Å². The third-order valence-electron chi connectivity index (χ3n) is 4.14. The largest absolute Gasteiger partial charge is 0.494 e. The van der Waals surface area contributed by atoms with Crippen molar-refractivity contribution in [1.82, 2.24) is 9.78 Å². The molecule has 2 aromatic carbocycles. The van der Waals surface area contributed by atoms with Crippen LogP contribution in [0.15, 0.2) is 54.9 Å². The lowest BCUT2D eigenvalue weighted by atomic mass is 10.1. The number of carbonyl (C=O) groups excluding carboxylic acids is 1. The summed E-state index contributed by atoms with van der Waals surface area (Å²) >= 11 is 0. The van der Waals surface area contributed by atoms with Crippen LogP contribution in [0.2, 0.25) is 0 Å². The molecule has 0 bridgehead atoms. The van der Waals surface area contributed by atoms with Gasteiger partial charge in [0.15, 0.2) is 5.75 Å². The molecule has 0 radical (unpaired) electrons. The number of ether oxygens (including phenoxy) is 2. The van der Waals surface area contributed by atoms with Crippen LogP contribution in [0.25, 0.3) is 0 Å². The average Bonchev–Trinajstić information content (AvgIpc) is 3.19. The highest BCUT2D eigenvalue weighted by Crippen LogP contribution is 2.37. The Morgan fingerprint density at radius 2 is 1.80 bits per heavy atom. The number of rotatable bonds is 7. The molecule has 3 aromatic rings. The molecule has 0 fully saturated rings. The molecule has 9 heteroatoms. The van der Waals surface area contributed by atoms with Gasteiger partial charge in [0.1, 0.15) is 11.5 Å². The Labute approximate surface area is 171 Å². The SMILES string of the molecule is CCOc1ccc(Oc2ccc(C(F)(F)F)cc2NC(=O)c2cnn(CC)c2)cc1. The summed E-state index contributed by atoms with van der Waals surface area (Å²) in [4.78, 5) is 12.5. The van der Waals surface area contributed by atoms with Gasteiger partial charge < -0.3 is 14.8 Å². The fourth-order valence-corrected chi connectivity index (χ4v) is 2.64. The van der Waals surface area contributed by atoms with Crippen LogP contribution in [-0.2, 0) is 12.7 Å². The number of alkyl halides is 3. The number of nitrogens with one attached hydrogen (secondary N) is 1. The Hall–Kier alpha value is -3.49. The summed E-state index contributed by atoms with van der Waals surface area (Å²) < 4.78 is 52.1. The van der Waals surface area contributed by atoms with Gasteiger partial charge in [-0.1, -0.05) is 0 Å². The molecule has 0 unspecified atom stereocenters. The Kier molecular flexibility index (Phi) is 6.29. The van der Waals surface area contributed by atoms with E-state index < -0.39 is 17.6 Å². The number of halogens is 3. The van der Waals surface area contributed by atoms with E-state index in [1.807, 2.05) is 13.8 Å². The third-order valence-corrected chi connectivity index (χ3v) is 4.14. The summed E-state index contributed by atoms with van der Waals surface area (Å²) in [5.41, 5.74) is -0.782. The average molecular weight is 419 g/mol. The Balaban J connectivity index is 1.89. The molecule has 30 heavy (non-hydrogen) atoms. The van der Waals surface area contributed by atoms with E-state index in [1.165, 1.54) is 18.5 Å². The van der Waals surface area contributed by atoms with Gasteiger partial charge >= 0.3 is 6.18 Å². The molecule has 158 valence electrons. The predicted octanol–water partition coefficient (Wildman–Crippen LogP) is 5.37. The third kappa shape index (κ3) is 5.11. The van der Waals surface area contributed by atoms with Crippen LogP contribution in [0.5, 0.6) is 17.2 Å². The van der Waals surface area contributed by atoms with Gasteiger partial charge in [-0.3, -0.25) is 9.48 Å². The minimum absolute atomic E-state index is 0.0726. The van der Waals surface area contributed by atoms with Crippen molar-refractivity contribution in [2.45, 2.75) is 26.6 Å². The first-order valence-corrected chi connectivity index (χ1v) is 9.26. The molecule has 0 atom stereocenters. The number of aromatic nitrogens is 2. The number of nitrogens with zero attached hydrogens (tertiary/aromatic N) is 2. The quantitative estimate of drug-likeness (QED) is 0.560. The number of aryl methyl sites for hydroxylation is 1. The second-order valence-electron chi connectivity index (χ2n) is 6.25. The molecule has 6 nitrogen and oxygen atoms in total. The van der Waals surface area contributed by atoms with Crippen LogP contribution in [0.3, 0.4) is 0 Å². The number of carbonyl (C=O) groups is 1. The highest BCUT2D eigenvalue weighted by molar-refractivity contribution is 6.04. The van der Waals surface area contributed by atoms with Gasteiger partial charge in [0.25, 0.3) is 5.91 Å². The van der Waals surface area contributed by atoms with E-state index in [2.05, 4.69) is 10.4 Å². The van der Waals surface area contributed by atoms with Crippen LogP contribution in [0, 0.1) is 0 Å². The molecule has 0 saturated carbocycles. The highest BCUT2D eigenvalue weighted by atomic mass is 19.4. The lowest BCUT2D eigenvalue weighted by Gasteiger charge is -2.15. The summed E-state index contributed by atoms with van der Waals surface area (Å²) in [5.74, 6) is 0.500. The summed E-state index contributed by atoms with van der Waals surface area (Å²) in [5, 5.41) is 6.49. The first-order valence-electron chi connectivity index (χ1n) is 9.26. The molecule has 1 N–H and O–H groups in total. The fraction of sp³-hybridized carbons (Fsp3) is 0.238. The van der Waals surface area contributed by atoms with Gasteiger partial charge in [0, 0.05) is 12.7 Å². The Morgan fingerprint density at radius 3 is 2.40 bits per heavy atom. The van der Waals surface area contributed by atoms with Crippen molar-refractivity contribution in [1.29, 1.82) is 0 Å². The zero-order valence-corrected chi connectivity index (χ0v) is 16.4. The molecule has 3 rings (SSSR count). The zero-order chi connectivity index (χ0) is 21.7. The predicted molar refractivity (Wildman–Crippen MR) is 105 cm³/mol. The highest BCUT2D eigenvalue weighted by Gasteiger charge is 2.31. The second-order valence-corrected chi connectivity index (χ2v) is 6.25. The number of anilines is 1. The maximum absolute atomic E-state index is 13.2. The van der Waals surface area contributed by atoms with E-state index in [0.717, 1.165) is 12.1 Å². The van der Waals surface area contributed by atoms with E-state index >= 15 is 0 Å². The van der Waals surface area contributed by atoms with Gasteiger partial charge in [-0.15, -0.1) is 0 Å². The van der Waals surface area contributed by atoms with Crippen LogP contribution in [0.4, 0.5) is 18.9 Å². The van der Waals surface area contributed by atoms with Crippen molar-refractivity contribution < 1.29 is 27.4 Å². The lowest BCUT2D eigenvalue weighted by molar-refractivity contribution is -0.137. The van der Waals surface area contributed by atoms with Crippen LogP contribution in [-0.4, -0.2) is 22.3 Å². The lowest BCUT2D eigenvalue weighted by Crippen LogP contribution is -2.13. The normalized spacial score (nSPS) is 11.2. The maximum Gasteiger partial charge on any atom is 0.416 e. The first kappa shape index (κ1) is 21.2. The fourth-order valence-electron chi connectivity index (χ4n) is 2.64. The number of hydrogen-bond donors (Lipinski definition) is 1.